The molecule has 6 aromatic rings. The molecule has 0 fully saturated rings. The number of phenolic OH excluding ortho intramolecular Hbond substituents is 1. The van der Waals surface area contributed by atoms with Crippen LogP contribution in [0, 0.1) is 13.0 Å². The minimum atomic E-state index is 0. The third kappa shape index (κ3) is 5.79. The summed E-state index contributed by atoms with van der Waals surface area (Å²) in [5.41, 5.74) is 8.09. The van der Waals surface area contributed by atoms with E-state index in [-0.39, 0.29) is 25.9 Å². The fraction of sp³-hybridized carbons (Fsp3) is 0.0882. The topological polar surface area (TPSA) is 63.8 Å². The minimum Gasteiger partial charge on any atom is -0.506 e. The van der Waals surface area contributed by atoms with Gasteiger partial charge in [-0.15, -0.1) is 34.6 Å². The van der Waals surface area contributed by atoms with Crippen molar-refractivity contribution in [1.82, 2.24) is 20.0 Å². The summed E-state index contributed by atoms with van der Waals surface area (Å²) in [4.78, 5) is 6.08. The van der Waals surface area contributed by atoms with Crippen molar-refractivity contribution in [1.29, 1.82) is 0 Å². The van der Waals surface area contributed by atoms with Crippen LogP contribution in [0.1, 0.15) is 17.0 Å². The van der Waals surface area contributed by atoms with Crippen LogP contribution in [0.4, 0.5) is 0 Å². The van der Waals surface area contributed by atoms with E-state index >= 15 is 0 Å². The van der Waals surface area contributed by atoms with Gasteiger partial charge in [-0.1, -0.05) is 83.9 Å². The van der Waals surface area contributed by atoms with E-state index in [1.807, 2.05) is 55.6 Å². The Morgan fingerprint density at radius 3 is 2.23 bits per heavy atom. The Balaban J connectivity index is 0.000000162. The predicted molar refractivity (Wildman–Crippen MR) is 156 cm³/mol. The summed E-state index contributed by atoms with van der Waals surface area (Å²) >= 11 is 0. The van der Waals surface area contributed by atoms with Gasteiger partial charge >= 0.3 is 0 Å². The summed E-state index contributed by atoms with van der Waals surface area (Å²) in [6.45, 7) is 1.98. The van der Waals surface area contributed by atoms with Crippen molar-refractivity contribution in [2.24, 2.45) is 0 Å². The number of phenols is 1. The summed E-state index contributed by atoms with van der Waals surface area (Å²) < 4.78 is 0. The molecule has 2 heterocycles. The SMILES string of the molecule is Cc1ccc(O)c(-n2nc3c(n2)CC=CC3)c1.[Ir].[c-]1cc(-c2ccccc2)ccc1-c1nccc2ccccc12. The maximum Gasteiger partial charge on any atom is 0.143 e. The van der Waals surface area contributed by atoms with Gasteiger partial charge in [0.05, 0.1) is 11.4 Å². The molecule has 2 aromatic heterocycles. The molecule has 0 unspecified atom stereocenters. The molecular formula is C34H27IrN4O-. The summed E-state index contributed by atoms with van der Waals surface area (Å²) in [7, 11) is 0. The first-order valence-electron chi connectivity index (χ1n) is 13.0. The number of aromatic hydroxyl groups is 1. The van der Waals surface area contributed by atoms with Crippen LogP contribution in [-0.2, 0) is 32.9 Å². The van der Waals surface area contributed by atoms with Crippen molar-refractivity contribution in [2.75, 3.05) is 0 Å². The zero-order chi connectivity index (χ0) is 26.6. The Morgan fingerprint density at radius 1 is 0.775 bits per heavy atom. The Kier molecular flexibility index (Phi) is 8.30. The summed E-state index contributed by atoms with van der Waals surface area (Å²) in [6, 6.07) is 35.8. The van der Waals surface area contributed by atoms with Gasteiger partial charge in [0.1, 0.15) is 11.4 Å². The molecule has 0 aliphatic heterocycles. The fourth-order valence-electron chi connectivity index (χ4n) is 4.69. The number of hydrogen-bond acceptors (Lipinski definition) is 4. The number of benzene rings is 4. The van der Waals surface area contributed by atoms with E-state index in [0.717, 1.165) is 46.4 Å². The number of allylic oxidation sites excluding steroid dienone is 2. The number of aromatic nitrogens is 4. The van der Waals surface area contributed by atoms with Crippen LogP contribution in [0.15, 0.2) is 115 Å². The molecule has 0 amide bonds. The second-order valence-electron chi connectivity index (χ2n) is 9.49. The minimum absolute atomic E-state index is 0. The first-order valence-corrected chi connectivity index (χ1v) is 13.0. The Morgan fingerprint density at radius 2 is 1.50 bits per heavy atom. The van der Waals surface area contributed by atoms with E-state index in [9.17, 15) is 5.11 Å². The number of rotatable bonds is 3. The molecule has 6 heteroatoms. The largest absolute Gasteiger partial charge is 0.506 e. The summed E-state index contributed by atoms with van der Waals surface area (Å²) in [5.74, 6) is 0.205. The molecule has 0 saturated heterocycles. The number of pyridine rings is 1. The maximum absolute atomic E-state index is 9.83. The van der Waals surface area contributed by atoms with Gasteiger partial charge in [0, 0.05) is 39.1 Å². The standard InChI is InChI=1S/C21H14N.C13H13N3O.Ir/c1-2-6-16(7-3-1)17-10-12-19(13-11-17)21-20-9-5-4-8-18(20)14-15-22-21;1-9-6-7-13(17)12(8-9)16-14-10-4-2-3-5-11(10)15-16;/h1-12,14-15H;2-3,6-8,17H,4-5H2,1H3;/q-1;;. The van der Waals surface area contributed by atoms with Gasteiger partial charge in [0.2, 0.25) is 0 Å². The zero-order valence-corrected chi connectivity index (χ0v) is 24.3. The van der Waals surface area contributed by atoms with Gasteiger partial charge in [-0.2, -0.15) is 10.2 Å². The molecule has 1 N–H and O–H groups in total. The molecule has 4 aromatic carbocycles. The molecule has 7 rings (SSSR count). The normalized spacial score (nSPS) is 11.7. The molecule has 40 heavy (non-hydrogen) atoms. The first kappa shape index (κ1) is 27.2. The summed E-state index contributed by atoms with van der Waals surface area (Å²) in [6.07, 6.45) is 7.69. The van der Waals surface area contributed by atoms with Crippen molar-refractivity contribution in [3.05, 3.63) is 138 Å². The third-order valence-electron chi connectivity index (χ3n) is 6.75. The van der Waals surface area contributed by atoms with E-state index < -0.39 is 0 Å². The quantitative estimate of drug-likeness (QED) is 0.156. The molecule has 1 radical (unpaired) electrons. The van der Waals surface area contributed by atoms with E-state index in [2.05, 4.69) is 81.9 Å². The van der Waals surface area contributed by atoms with Crippen LogP contribution >= 0.6 is 0 Å². The van der Waals surface area contributed by atoms with Crippen LogP contribution in [0.3, 0.4) is 0 Å². The average molecular weight is 700 g/mol. The molecule has 1 aliphatic carbocycles. The van der Waals surface area contributed by atoms with E-state index in [4.69, 9.17) is 0 Å². The predicted octanol–water partition coefficient (Wildman–Crippen LogP) is 7.30. The van der Waals surface area contributed by atoms with Crippen molar-refractivity contribution < 1.29 is 25.2 Å². The van der Waals surface area contributed by atoms with E-state index in [1.54, 1.807) is 6.07 Å². The van der Waals surface area contributed by atoms with Gasteiger partial charge in [-0.25, -0.2) is 0 Å². The van der Waals surface area contributed by atoms with Crippen LogP contribution in [0.2, 0.25) is 0 Å². The number of aryl methyl sites for hydroxylation is 1. The maximum atomic E-state index is 9.83. The van der Waals surface area contributed by atoms with Gasteiger partial charge < -0.3 is 10.1 Å². The molecule has 0 bridgehead atoms. The Labute approximate surface area is 247 Å². The van der Waals surface area contributed by atoms with Crippen molar-refractivity contribution in [3.8, 4) is 33.8 Å². The van der Waals surface area contributed by atoms with Gasteiger partial charge in [0.15, 0.2) is 0 Å². The van der Waals surface area contributed by atoms with Gasteiger partial charge in [0.25, 0.3) is 0 Å². The molecule has 0 spiro atoms. The zero-order valence-electron chi connectivity index (χ0n) is 22.0. The Hall–Kier alpha value is -4.38. The van der Waals surface area contributed by atoms with E-state index in [0.29, 0.717) is 5.69 Å². The summed E-state index contributed by atoms with van der Waals surface area (Å²) in [5, 5.41) is 21.0. The third-order valence-corrected chi connectivity index (χ3v) is 6.75. The number of nitrogens with zero attached hydrogens (tertiary/aromatic N) is 4. The molecular weight excluding hydrogens is 673 g/mol. The average Bonchev–Trinajstić information content (AvgIpc) is 3.43. The van der Waals surface area contributed by atoms with Crippen LogP contribution in [0.25, 0.3) is 38.8 Å². The molecule has 0 saturated carbocycles. The van der Waals surface area contributed by atoms with Crippen LogP contribution in [0.5, 0.6) is 5.75 Å². The van der Waals surface area contributed by atoms with Gasteiger partial charge in [-0.05, 0) is 47.2 Å². The van der Waals surface area contributed by atoms with E-state index in [1.165, 1.54) is 21.3 Å². The monoisotopic (exact) mass is 700 g/mol. The molecule has 5 nitrogen and oxygen atoms in total. The van der Waals surface area contributed by atoms with Gasteiger partial charge in [-0.3, -0.25) is 0 Å². The molecule has 0 atom stereocenters. The Bertz CT molecular complexity index is 1750. The number of fused-ring (bicyclic) bond motifs is 2. The second-order valence-corrected chi connectivity index (χ2v) is 9.49. The van der Waals surface area contributed by atoms with Crippen LogP contribution in [-0.4, -0.2) is 25.1 Å². The molecule has 199 valence electrons. The fourth-order valence-corrected chi connectivity index (χ4v) is 4.69. The second kappa shape index (κ2) is 12.2. The first-order chi connectivity index (χ1) is 19.2. The molecule has 1 aliphatic rings. The van der Waals surface area contributed by atoms with Crippen molar-refractivity contribution in [2.45, 2.75) is 19.8 Å². The number of hydrogen-bond donors (Lipinski definition) is 1. The van der Waals surface area contributed by atoms with Crippen molar-refractivity contribution >= 4 is 10.8 Å². The van der Waals surface area contributed by atoms with Crippen molar-refractivity contribution in [3.63, 3.8) is 0 Å². The van der Waals surface area contributed by atoms with Crippen LogP contribution < -0.4 is 0 Å². The smallest absolute Gasteiger partial charge is 0.143 e.